The van der Waals surface area contributed by atoms with Crippen molar-refractivity contribution in [1.29, 1.82) is 0 Å². The van der Waals surface area contributed by atoms with Gasteiger partial charge in [-0.2, -0.15) is 0 Å². The van der Waals surface area contributed by atoms with Crippen molar-refractivity contribution in [2.24, 2.45) is 0 Å². The van der Waals surface area contributed by atoms with Crippen molar-refractivity contribution in [3.63, 3.8) is 0 Å². The molecule has 0 spiro atoms. The Bertz CT molecular complexity index is 1020. The van der Waals surface area contributed by atoms with Gasteiger partial charge in [0.1, 0.15) is 11.5 Å². The number of aliphatic hydroxyl groups excluding tert-OH is 1. The van der Waals surface area contributed by atoms with Crippen molar-refractivity contribution in [2.45, 2.75) is 58.0 Å². The highest BCUT2D eigenvalue weighted by molar-refractivity contribution is 6.46. The van der Waals surface area contributed by atoms with Gasteiger partial charge in [0, 0.05) is 11.6 Å². The first-order valence-corrected chi connectivity index (χ1v) is 11.1. The van der Waals surface area contributed by atoms with Crippen molar-refractivity contribution in [2.75, 3.05) is 6.61 Å². The van der Waals surface area contributed by atoms with E-state index in [1.165, 1.54) is 0 Å². The molecule has 1 amide bonds. The summed E-state index contributed by atoms with van der Waals surface area (Å²) in [5, 5.41) is 11.2. The summed E-state index contributed by atoms with van der Waals surface area (Å²) in [6, 6.07) is 14.3. The van der Waals surface area contributed by atoms with E-state index in [-0.39, 0.29) is 17.4 Å². The quantitative estimate of drug-likeness (QED) is 0.400. The Morgan fingerprint density at radius 2 is 1.84 bits per heavy atom. The lowest BCUT2D eigenvalue weighted by Gasteiger charge is -2.31. The fourth-order valence-electron chi connectivity index (χ4n) is 4.69. The number of hydrogen-bond acceptors (Lipinski definition) is 4. The normalized spacial score (nSPS) is 21.1. The molecule has 1 unspecified atom stereocenters. The van der Waals surface area contributed by atoms with Crippen LogP contribution in [0.15, 0.2) is 54.1 Å². The smallest absolute Gasteiger partial charge is 0.295 e. The van der Waals surface area contributed by atoms with Crippen molar-refractivity contribution in [1.82, 2.24) is 4.90 Å². The summed E-state index contributed by atoms with van der Waals surface area (Å²) in [4.78, 5) is 28.0. The number of aryl methyl sites for hydroxylation is 1. The Morgan fingerprint density at radius 3 is 2.55 bits per heavy atom. The van der Waals surface area contributed by atoms with Crippen molar-refractivity contribution >= 4 is 17.4 Å². The fourth-order valence-corrected chi connectivity index (χ4v) is 4.69. The molecule has 1 heterocycles. The highest BCUT2D eigenvalue weighted by Gasteiger charge is 2.49. The fraction of sp³-hybridized carbons (Fsp3) is 0.385. The van der Waals surface area contributed by atoms with E-state index in [4.69, 9.17) is 4.74 Å². The third kappa shape index (κ3) is 4.09. The Labute approximate surface area is 183 Å². The molecule has 0 radical (unpaired) electrons. The second-order valence-corrected chi connectivity index (χ2v) is 8.44. The maximum atomic E-state index is 13.2. The molecule has 1 N–H and O–H groups in total. The van der Waals surface area contributed by atoms with Crippen molar-refractivity contribution in [3.8, 4) is 5.75 Å². The Morgan fingerprint density at radius 1 is 1.10 bits per heavy atom. The van der Waals surface area contributed by atoms with E-state index < -0.39 is 17.7 Å². The highest BCUT2D eigenvalue weighted by Crippen LogP contribution is 2.43. The van der Waals surface area contributed by atoms with Gasteiger partial charge in [-0.1, -0.05) is 61.7 Å². The lowest BCUT2D eigenvalue weighted by Crippen LogP contribution is -2.37. The molecule has 1 saturated heterocycles. The molecule has 5 nitrogen and oxygen atoms in total. The van der Waals surface area contributed by atoms with E-state index >= 15 is 0 Å². The minimum absolute atomic E-state index is 0.0199. The number of nitrogens with zero attached hydrogens (tertiary/aromatic N) is 1. The van der Waals surface area contributed by atoms with Crippen LogP contribution in [0.4, 0.5) is 0 Å². The molecule has 1 aliphatic carbocycles. The van der Waals surface area contributed by atoms with Gasteiger partial charge in [-0.05, 0) is 43.9 Å². The molecule has 2 fully saturated rings. The zero-order valence-corrected chi connectivity index (χ0v) is 18.1. The number of hydrogen-bond donors (Lipinski definition) is 1. The van der Waals surface area contributed by atoms with Crippen LogP contribution in [-0.4, -0.2) is 34.3 Å². The van der Waals surface area contributed by atoms with Crippen LogP contribution in [0.1, 0.15) is 61.8 Å². The van der Waals surface area contributed by atoms with Gasteiger partial charge in [-0.3, -0.25) is 9.59 Å². The molecular formula is C26H29NO4. The number of amides is 1. The molecular weight excluding hydrogens is 390 g/mol. The molecule has 5 heteroatoms. The summed E-state index contributed by atoms with van der Waals surface area (Å²) in [6.07, 6.45) is 4.73. The summed E-state index contributed by atoms with van der Waals surface area (Å²) in [5.41, 5.74) is 2.54. The van der Waals surface area contributed by atoms with Gasteiger partial charge in [0.25, 0.3) is 11.7 Å². The van der Waals surface area contributed by atoms with Crippen molar-refractivity contribution < 1.29 is 19.4 Å². The van der Waals surface area contributed by atoms with Crippen LogP contribution in [-0.2, 0) is 9.59 Å². The molecule has 2 aromatic carbocycles. The Balaban J connectivity index is 1.83. The summed E-state index contributed by atoms with van der Waals surface area (Å²) in [6.45, 7) is 4.58. The maximum Gasteiger partial charge on any atom is 0.295 e. The number of carbonyl (C=O) groups excluding carboxylic acids is 2. The highest BCUT2D eigenvalue weighted by atomic mass is 16.5. The summed E-state index contributed by atoms with van der Waals surface area (Å²) in [5.74, 6) is -0.649. The number of Topliss-reactive ketones (excluding diaryl/α,β-unsaturated/α-hetero) is 1. The summed E-state index contributed by atoms with van der Waals surface area (Å²) < 4.78 is 5.69. The van der Waals surface area contributed by atoms with Gasteiger partial charge < -0.3 is 14.7 Å². The molecule has 1 aliphatic heterocycles. The van der Waals surface area contributed by atoms with Crippen LogP contribution in [0.2, 0.25) is 0 Å². The minimum Gasteiger partial charge on any atom is -0.507 e. The standard InChI is InChI=1S/C26H29NO4/c1-3-14-31-21-13-7-10-19(16-21)24(28)22-23(18-9-6-8-17(2)15-18)27(26(30)25(22)29)20-11-4-5-12-20/h6-10,13,15-16,20,23,28H,3-5,11-12,14H2,1-2H3/b24-22-. The molecule has 0 bridgehead atoms. The molecule has 1 saturated carbocycles. The number of carbonyl (C=O) groups is 2. The molecule has 2 aromatic rings. The van der Waals surface area contributed by atoms with Crippen LogP contribution in [0.3, 0.4) is 0 Å². The van der Waals surface area contributed by atoms with E-state index in [9.17, 15) is 14.7 Å². The summed E-state index contributed by atoms with van der Waals surface area (Å²) in [7, 11) is 0. The number of benzene rings is 2. The first-order chi connectivity index (χ1) is 15.0. The molecule has 0 aromatic heterocycles. The van der Waals surface area contributed by atoms with Crippen LogP contribution < -0.4 is 4.74 Å². The number of likely N-dealkylation sites (tertiary alicyclic amines) is 1. The van der Waals surface area contributed by atoms with E-state index in [0.29, 0.717) is 17.9 Å². The topological polar surface area (TPSA) is 66.8 Å². The van der Waals surface area contributed by atoms with E-state index in [1.807, 2.05) is 44.2 Å². The number of ether oxygens (including phenoxy) is 1. The molecule has 2 aliphatic rings. The second kappa shape index (κ2) is 8.96. The summed E-state index contributed by atoms with van der Waals surface area (Å²) >= 11 is 0. The second-order valence-electron chi connectivity index (χ2n) is 8.44. The molecule has 162 valence electrons. The monoisotopic (exact) mass is 419 g/mol. The zero-order valence-electron chi connectivity index (χ0n) is 18.1. The first-order valence-electron chi connectivity index (χ1n) is 11.1. The van der Waals surface area contributed by atoms with Gasteiger partial charge in [-0.15, -0.1) is 0 Å². The van der Waals surface area contributed by atoms with Crippen LogP contribution >= 0.6 is 0 Å². The average molecular weight is 420 g/mol. The van der Waals surface area contributed by atoms with Gasteiger partial charge in [-0.25, -0.2) is 0 Å². The van der Waals surface area contributed by atoms with Gasteiger partial charge in [0.15, 0.2) is 0 Å². The number of aliphatic hydroxyl groups is 1. The molecule has 31 heavy (non-hydrogen) atoms. The van der Waals surface area contributed by atoms with Crippen LogP contribution in [0.5, 0.6) is 5.75 Å². The largest absolute Gasteiger partial charge is 0.507 e. The van der Waals surface area contributed by atoms with E-state index in [1.54, 1.807) is 23.1 Å². The van der Waals surface area contributed by atoms with Crippen molar-refractivity contribution in [3.05, 3.63) is 70.8 Å². The lowest BCUT2D eigenvalue weighted by atomic mass is 9.93. The minimum atomic E-state index is -0.615. The van der Waals surface area contributed by atoms with Gasteiger partial charge in [0.2, 0.25) is 0 Å². The first kappa shape index (κ1) is 21.2. The van der Waals surface area contributed by atoms with Crippen LogP contribution in [0.25, 0.3) is 5.76 Å². The molecule has 1 atom stereocenters. The maximum absolute atomic E-state index is 13.2. The molecule has 4 rings (SSSR count). The SMILES string of the molecule is CCCOc1cccc(/C(O)=C2/C(=O)C(=O)N(C3CCCC3)C2c2cccc(C)c2)c1. The average Bonchev–Trinajstić information content (AvgIpc) is 3.39. The van der Waals surface area contributed by atoms with Gasteiger partial charge >= 0.3 is 0 Å². The predicted octanol–water partition coefficient (Wildman–Crippen LogP) is 5.15. The lowest BCUT2D eigenvalue weighted by molar-refractivity contribution is -0.141. The third-order valence-corrected chi connectivity index (χ3v) is 6.14. The van der Waals surface area contributed by atoms with E-state index in [2.05, 4.69) is 0 Å². The number of rotatable bonds is 6. The Hall–Kier alpha value is -3.08. The van der Waals surface area contributed by atoms with Gasteiger partial charge in [0.05, 0.1) is 18.2 Å². The third-order valence-electron chi connectivity index (χ3n) is 6.14. The predicted molar refractivity (Wildman–Crippen MR) is 120 cm³/mol. The zero-order chi connectivity index (χ0) is 22.0. The van der Waals surface area contributed by atoms with Crippen LogP contribution in [0, 0.1) is 6.92 Å². The Kier molecular flexibility index (Phi) is 6.12. The van der Waals surface area contributed by atoms with E-state index in [0.717, 1.165) is 43.2 Å². The number of ketones is 1.